The molecule has 0 spiro atoms. The van der Waals surface area contributed by atoms with Crippen molar-refractivity contribution < 1.29 is 43.1 Å². The Hall–Kier alpha value is -2.37. The van der Waals surface area contributed by atoms with E-state index in [9.17, 15) is 4.79 Å². The Balaban J connectivity index is 1.27. The van der Waals surface area contributed by atoms with Gasteiger partial charge >= 0.3 is 5.97 Å². The summed E-state index contributed by atoms with van der Waals surface area (Å²) in [4.78, 5) is 10.8. The van der Waals surface area contributed by atoms with Gasteiger partial charge in [-0.3, -0.25) is 4.79 Å². The fourth-order valence-electron chi connectivity index (χ4n) is 9.37. The average molecular weight is 939 g/mol. The third-order valence-electron chi connectivity index (χ3n) is 13.5. The first-order valence-corrected chi connectivity index (χ1v) is 27.2. The van der Waals surface area contributed by atoms with Gasteiger partial charge in [0.15, 0.2) is 0 Å². The summed E-state index contributed by atoms with van der Waals surface area (Å²) >= 11 is 0. The maximum atomic E-state index is 10.8. The van der Waals surface area contributed by atoms with Gasteiger partial charge in [0.05, 0.1) is 66.1 Å². The van der Waals surface area contributed by atoms with Crippen molar-refractivity contribution in [1.82, 2.24) is 0 Å². The number of aliphatic carboxylic acids is 1. The average Bonchev–Trinajstić information content (AvgIpc) is 3.32. The zero-order chi connectivity index (χ0) is 48.1. The normalized spacial score (nSPS) is 16.9. The number of unbranched alkanes of at least 4 members (excludes halogenated alkanes) is 4. The van der Waals surface area contributed by atoms with Crippen LogP contribution in [0.2, 0.25) is 0 Å². The Kier molecular flexibility index (Phi) is 33.8. The Labute approximate surface area is 409 Å². The molecule has 5 atom stereocenters. The smallest absolute Gasteiger partial charge is 0.303 e. The summed E-state index contributed by atoms with van der Waals surface area (Å²) in [5.41, 5.74) is 3.22. The minimum atomic E-state index is -0.714. The summed E-state index contributed by atoms with van der Waals surface area (Å²) < 4.78 is 42.9. The molecule has 2 aliphatic rings. The minimum absolute atomic E-state index is 0.121. The van der Waals surface area contributed by atoms with E-state index >= 15 is 0 Å². The highest BCUT2D eigenvalue weighted by molar-refractivity contribution is 5.66. The molecule has 0 heterocycles. The summed E-state index contributed by atoms with van der Waals surface area (Å²) in [7, 11) is 0. The molecule has 1 aromatic rings. The quantitative estimate of drug-likeness (QED) is 0.0506. The first-order chi connectivity index (χ1) is 32.7. The molecule has 0 aliphatic heterocycles. The zero-order valence-corrected chi connectivity index (χ0v) is 43.3. The van der Waals surface area contributed by atoms with Crippen molar-refractivity contribution >= 4 is 5.97 Å². The van der Waals surface area contributed by atoms with E-state index < -0.39 is 11.6 Å². The second kappa shape index (κ2) is 38.4. The molecule has 0 saturated heterocycles. The lowest BCUT2D eigenvalue weighted by atomic mass is 9.74. The number of carboxylic acids is 1. The molecule has 0 amide bonds. The molecule has 0 aromatic heterocycles. The van der Waals surface area contributed by atoms with Gasteiger partial charge in [-0.2, -0.15) is 0 Å². The third-order valence-corrected chi connectivity index (χ3v) is 13.5. The van der Waals surface area contributed by atoms with Gasteiger partial charge in [-0.1, -0.05) is 166 Å². The molecule has 0 bridgehead atoms. The van der Waals surface area contributed by atoms with Crippen molar-refractivity contribution in [2.45, 2.75) is 188 Å². The van der Waals surface area contributed by atoms with Crippen molar-refractivity contribution in [2.75, 3.05) is 79.3 Å². The number of carbonyl (C=O) groups is 1. The number of ether oxygens (including phenoxy) is 7. The molecule has 9 nitrogen and oxygen atoms in total. The summed E-state index contributed by atoms with van der Waals surface area (Å²) in [5, 5.41) is 8.86. The lowest BCUT2D eigenvalue weighted by Gasteiger charge is -2.40. The van der Waals surface area contributed by atoms with Gasteiger partial charge < -0.3 is 38.3 Å². The van der Waals surface area contributed by atoms with Crippen LogP contribution in [-0.2, 0) is 43.6 Å². The van der Waals surface area contributed by atoms with E-state index in [0.717, 1.165) is 82.0 Å². The Morgan fingerprint density at radius 1 is 0.567 bits per heavy atom. The van der Waals surface area contributed by atoms with E-state index in [-0.39, 0.29) is 12.5 Å². The van der Waals surface area contributed by atoms with Crippen molar-refractivity contribution in [3.8, 4) is 0 Å². The standard InChI is InChI=1S/C58H98O9/c1-49(2)23-20-24-50(3)25-21-26-51(4)27-22-28-52(5)36-38-66-56(47-64-37-19-8-6-7-18-35-57(59)60)48-65-44-43-62-40-39-61-41-42-63-45-46-67-58(53-29-12-9-13-30-53,54-31-14-10-15-32-54)55-33-16-11-17-34-55/h9,12-14,29-33,49-52,56H,6-8,10-11,15-28,34-48H2,1-5H3,(H,59,60)/t50-,51-,52?,56?,58?/m1/s1. The number of hydrogen-bond acceptors (Lipinski definition) is 8. The zero-order valence-electron chi connectivity index (χ0n) is 43.3. The fourth-order valence-corrected chi connectivity index (χ4v) is 9.37. The molecule has 384 valence electrons. The van der Waals surface area contributed by atoms with Gasteiger partial charge in [0, 0.05) is 19.6 Å². The van der Waals surface area contributed by atoms with Crippen LogP contribution in [-0.4, -0.2) is 96.5 Å². The minimum Gasteiger partial charge on any atom is -0.481 e. The number of hydrogen-bond donors (Lipinski definition) is 1. The lowest BCUT2D eigenvalue weighted by molar-refractivity contribution is -0.137. The maximum absolute atomic E-state index is 10.8. The van der Waals surface area contributed by atoms with Crippen LogP contribution >= 0.6 is 0 Å². The van der Waals surface area contributed by atoms with Crippen LogP contribution in [0.1, 0.15) is 181 Å². The molecule has 3 rings (SSSR count). The molecule has 0 fully saturated rings. The molecule has 0 radical (unpaired) electrons. The predicted octanol–water partition coefficient (Wildman–Crippen LogP) is 14.0. The van der Waals surface area contributed by atoms with Crippen molar-refractivity contribution in [3.63, 3.8) is 0 Å². The molecular weight excluding hydrogens is 841 g/mol. The van der Waals surface area contributed by atoms with Gasteiger partial charge in [-0.05, 0) is 98.2 Å². The number of rotatable bonds is 44. The number of benzene rings is 1. The Morgan fingerprint density at radius 3 is 1.72 bits per heavy atom. The van der Waals surface area contributed by atoms with E-state index in [4.69, 9.17) is 38.3 Å². The predicted molar refractivity (Wildman–Crippen MR) is 275 cm³/mol. The number of allylic oxidation sites excluding steroid dienone is 3. The summed E-state index contributed by atoms with van der Waals surface area (Å²) in [6.07, 6.45) is 34.0. The fraction of sp³-hybridized carbons (Fsp3) is 0.776. The Bertz CT molecular complexity index is 1440. The molecule has 1 aromatic carbocycles. The molecule has 1 N–H and O–H groups in total. The molecule has 3 unspecified atom stereocenters. The van der Waals surface area contributed by atoms with Crippen LogP contribution < -0.4 is 0 Å². The topological polar surface area (TPSA) is 102 Å². The highest BCUT2D eigenvalue weighted by Gasteiger charge is 2.40. The highest BCUT2D eigenvalue weighted by atomic mass is 16.6. The second-order valence-electron chi connectivity index (χ2n) is 20.2. The van der Waals surface area contributed by atoms with E-state index in [0.29, 0.717) is 85.2 Å². The van der Waals surface area contributed by atoms with Gasteiger partial charge in [0.1, 0.15) is 11.7 Å². The summed E-state index contributed by atoms with van der Waals surface area (Å²) in [6.45, 7) is 18.2. The molecular formula is C58H98O9. The lowest BCUT2D eigenvalue weighted by Crippen LogP contribution is -2.36. The molecule has 67 heavy (non-hydrogen) atoms. The van der Waals surface area contributed by atoms with Crippen molar-refractivity contribution in [2.24, 2.45) is 23.7 Å². The van der Waals surface area contributed by atoms with Gasteiger partial charge in [-0.25, -0.2) is 0 Å². The van der Waals surface area contributed by atoms with Crippen LogP contribution in [0.15, 0.2) is 65.8 Å². The number of carboxylic acid groups (broad SMARTS) is 1. The third kappa shape index (κ3) is 27.6. The van der Waals surface area contributed by atoms with Crippen LogP contribution in [0.4, 0.5) is 0 Å². The van der Waals surface area contributed by atoms with Crippen molar-refractivity contribution in [3.05, 3.63) is 71.3 Å². The van der Waals surface area contributed by atoms with E-state index in [1.807, 2.05) is 0 Å². The van der Waals surface area contributed by atoms with Crippen LogP contribution in [0.25, 0.3) is 0 Å². The Morgan fingerprint density at radius 2 is 1.13 bits per heavy atom. The van der Waals surface area contributed by atoms with E-state index in [1.54, 1.807) is 0 Å². The van der Waals surface area contributed by atoms with E-state index in [2.05, 4.69) is 89.3 Å². The van der Waals surface area contributed by atoms with Crippen molar-refractivity contribution in [1.29, 1.82) is 0 Å². The van der Waals surface area contributed by atoms with Crippen LogP contribution in [0, 0.1) is 23.7 Å². The summed E-state index contributed by atoms with van der Waals surface area (Å²) in [5.74, 6) is 2.41. The SMILES string of the molecule is CC(C)CCC[C@@H](C)CCC[C@@H](C)CCCC(C)CCOC(COCCCCCCCC(=O)O)COCCOCCOCCOCCOC(C1=CCCC=C1)(C1=CCCCC1)c1ccccc1. The van der Waals surface area contributed by atoms with Crippen LogP contribution in [0.5, 0.6) is 0 Å². The first-order valence-electron chi connectivity index (χ1n) is 27.2. The first kappa shape index (κ1) is 58.9. The largest absolute Gasteiger partial charge is 0.481 e. The molecule has 9 heteroatoms. The maximum Gasteiger partial charge on any atom is 0.303 e. The molecule has 2 aliphatic carbocycles. The highest BCUT2D eigenvalue weighted by Crippen LogP contribution is 2.46. The second-order valence-corrected chi connectivity index (χ2v) is 20.2. The monoisotopic (exact) mass is 939 g/mol. The van der Waals surface area contributed by atoms with Gasteiger partial charge in [0.25, 0.3) is 0 Å². The van der Waals surface area contributed by atoms with Gasteiger partial charge in [-0.15, -0.1) is 0 Å². The van der Waals surface area contributed by atoms with Crippen LogP contribution in [0.3, 0.4) is 0 Å². The summed E-state index contributed by atoms with van der Waals surface area (Å²) in [6, 6.07) is 10.7. The van der Waals surface area contributed by atoms with E-state index in [1.165, 1.54) is 87.3 Å². The molecule has 0 saturated carbocycles. The van der Waals surface area contributed by atoms with Gasteiger partial charge in [0.2, 0.25) is 0 Å².